The SMILES string of the molecule is NCC1(c2cnc3n2CCSC3)CCCC1. The van der Waals surface area contributed by atoms with Gasteiger partial charge in [0.05, 0.1) is 5.75 Å². The lowest BCUT2D eigenvalue weighted by Crippen LogP contribution is -2.35. The first-order chi connectivity index (χ1) is 7.86. The van der Waals surface area contributed by atoms with E-state index in [0.717, 1.165) is 18.8 Å². The number of hydrogen-bond acceptors (Lipinski definition) is 3. The Balaban J connectivity index is 2.01. The van der Waals surface area contributed by atoms with Crippen molar-refractivity contribution in [1.29, 1.82) is 0 Å². The highest BCUT2D eigenvalue weighted by molar-refractivity contribution is 7.98. The molecule has 1 aromatic rings. The maximum Gasteiger partial charge on any atom is 0.118 e. The molecule has 16 heavy (non-hydrogen) atoms. The number of hydrogen-bond donors (Lipinski definition) is 1. The van der Waals surface area contributed by atoms with E-state index >= 15 is 0 Å². The molecule has 2 aliphatic rings. The minimum absolute atomic E-state index is 0.243. The number of thioether (sulfide) groups is 1. The predicted octanol–water partition coefficient (Wildman–Crippen LogP) is 1.90. The van der Waals surface area contributed by atoms with Gasteiger partial charge in [-0.3, -0.25) is 0 Å². The van der Waals surface area contributed by atoms with Crippen molar-refractivity contribution in [2.45, 2.75) is 43.4 Å². The summed E-state index contributed by atoms with van der Waals surface area (Å²) in [4.78, 5) is 4.58. The summed E-state index contributed by atoms with van der Waals surface area (Å²) in [6.45, 7) is 1.91. The fourth-order valence-corrected chi connectivity index (χ4v) is 4.01. The van der Waals surface area contributed by atoms with E-state index in [1.807, 2.05) is 11.8 Å². The summed E-state index contributed by atoms with van der Waals surface area (Å²) in [5.41, 5.74) is 7.71. The first-order valence-corrected chi connectivity index (χ1v) is 7.34. The molecule has 0 unspecified atom stereocenters. The van der Waals surface area contributed by atoms with Gasteiger partial charge in [0.25, 0.3) is 0 Å². The fourth-order valence-electron chi connectivity index (χ4n) is 3.14. The largest absolute Gasteiger partial charge is 0.330 e. The molecule has 1 saturated carbocycles. The van der Waals surface area contributed by atoms with Crippen LogP contribution in [0.5, 0.6) is 0 Å². The van der Waals surface area contributed by atoms with E-state index in [0.29, 0.717) is 0 Å². The third kappa shape index (κ3) is 1.51. The second-order valence-corrected chi connectivity index (χ2v) is 6.06. The first kappa shape index (κ1) is 10.7. The Morgan fingerprint density at radius 1 is 1.44 bits per heavy atom. The number of nitrogens with zero attached hydrogens (tertiary/aromatic N) is 2. The van der Waals surface area contributed by atoms with Crippen molar-refractivity contribution >= 4 is 11.8 Å². The highest BCUT2D eigenvalue weighted by Crippen LogP contribution is 2.41. The minimum atomic E-state index is 0.243. The molecule has 1 aliphatic heterocycles. The molecule has 0 saturated heterocycles. The van der Waals surface area contributed by atoms with Crippen LogP contribution in [0.25, 0.3) is 0 Å². The van der Waals surface area contributed by atoms with Crippen molar-refractivity contribution in [1.82, 2.24) is 9.55 Å². The Bertz CT molecular complexity index is 380. The van der Waals surface area contributed by atoms with Crippen LogP contribution in [0.3, 0.4) is 0 Å². The molecule has 0 atom stereocenters. The van der Waals surface area contributed by atoms with Gasteiger partial charge < -0.3 is 10.3 Å². The van der Waals surface area contributed by atoms with E-state index in [1.54, 1.807) is 0 Å². The maximum atomic E-state index is 6.05. The molecule has 1 aliphatic carbocycles. The lowest BCUT2D eigenvalue weighted by Gasteiger charge is -2.30. The van der Waals surface area contributed by atoms with Gasteiger partial charge in [-0.15, -0.1) is 0 Å². The maximum absolute atomic E-state index is 6.05. The molecule has 2 N–H and O–H groups in total. The van der Waals surface area contributed by atoms with Crippen LogP contribution in [0.4, 0.5) is 0 Å². The Kier molecular flexibility index (Phi) is 2.72. The molecular weight excluding hydrogens is 218 g/mol. The summed E-state index contributed by atoms with van der Waals surface area (Å²) in [5.74, 6) is 3.54. The summed E-state index contributed by atoms with van der Waals surface area (Å²) >= 11 is 1.99. The van der Waals surface area contributed by atoms with Gasteiger partial charge in [-0.05, 0) is 12.8 Å². The van der Waals surface area contributed by atoms with Gasteiger partial charge in [0.1, 0.15) is 5.82 Å². The molecule has 0 bridgehead atoms. The smallest absolute Gasteiger partial charge is 0.118 e. The molecule has 2 heterocycles. The van der Waals surface area contributed by atoms with Crippen LogP contribution in [-0.4, -0.2) is 21.8 Å². The van der Waals surface area contributed by atoms with Crippen molar-refractivity contribution in [3.05, 3.63) is 17.7 Å². The highest BCUT2D eigenvalue weighted by Gasteiger charge is 2.37. The van der Waals surface area contributed by atoms with Gasteiger partial charge in [-0.2, -0.15) is 11.8 Å². The molecule has 0 radical (unpaired) electrons. The number of fused-ring (bicyclic) bond motifs is 1. The Labute approximate surface area is 101 Å². The summed E-state index contributed by atoms with van der Waals surface area (Å²) in [5, 5.41) is 0. The van der Waals surface area contributed by atoms with Gasteiger partial charge in [0.15, 0.2) is 0 Å². The molecule has 3 rings (SSSR count). The molecule has 1 fully saturated rings. The zero-order chi connectivity index (χ0) is 11.0. The molecule has 0 aromatic carbocycles. The molecule has 0 amide bonds. The molecule has 4 heteroatoms. The Hall–Kier alpha value is -0.480. The molecule has 1 aromatic heterocycles. The number of aromatic nitrogens is 2. The molecular formula is C12H19N3S. The first-order valence-electron chi connectivity index (χ1n) is 6.18. The van der Waals surface area contributed by atoms with Gasteiger partial charge in [-0.25, -0.2) is 4.98 Å². The van der Waals surface area contributed by atoms with Crippen LogP contribution in [0.1, 0.15) is 37.2 Å². The average molecular weight is 237 g/mol. The Morgan fingerprint density at radius 3 is 3.00 bits per heavy atom. The van der Waals surface area contributed by atoms with Crippen molar-refractivity contribution in [2.75, 3.05) is 12.3 Å². The lowest BCUT2D eigenvalue weighted by molar-refractivity contribution is 0.416. The fraction of sp³-hybridized carbons (Fsp3) is 0.750. The van der Waals surface area contributed by atoms with E-state index in [-0.39, 0.29) is 5.41 Å². The van der Waals surface area contributed by atoms with Crippen LogP contribution >= 0.6 is 11.8 Å². The molecule has 88 valence electrons. The zero-order valence-electron chi connectivity index (χ0n) is 9.61. The second-order valence-electron chi connectivity index (χ2n) is 4.96. The van der Waals surface area contributed by atoms with Crippen molar-refractivity contribution in [3.8, 4) is 0 Å². The van der Waals surface area contributed by atoms with E-state index < -0.39 is 0 Å². The van der Waals surface area contributed by atoms with Crippen LogP contribution in [0.15, 0.2) is 6.20 Å². The standard InChI is InChI=1S/C12H19N3S/c13-9-12(3-1-2-4-12)10-7-14-11-8-16-6-5-15(10)11/h7H,1-6,8-9,13H2. The Morgan fingerprint density at radius 2 is 2.25 bits per heavy atom. The lowest BCUT2D eigenvalue weighted by atomic mass is 9.83. The monoisotopic (exact) mass is 237 g/mol. The van der Waals surface area contributed by atoms with Crippen LogP contribution < -0.4 is 5.73 Å². The average Bonchev–Trinajstić information content (AvgIpc) is 2.96. The summed E-state index contributed by atoms with van der Waals surface area (Å²) < 4.78 is 2.44. The second kappa shape index (κ2) is 4.08. The van der Waals surface area contributed by atoms with Gasteiger partial charge in [-0.1, -0.05) is 12.8 Å². The van der Waals surface area contributed by atoms with Crippen LogP contribution in [-0.2, 0) is 17.7 Å². The third-order valence-electron chi connectivity index (χ3n) is 4.12. The van der Waals surface area contributed by atoms with Crippen molar-refractivity contribution in [3.63, 3.8) is 0 Å². The summed E-state index contributed by atoms with van der Waals surface area (Å²) in [6.07, 6.45) is 7.25. The molecule has 3 nitrogen and oxygen atoms in total. The normalized spacial score (nSPS) is 23.3. The molecule has 0 spiro atoms. The quantitative estimate of drug-likeness (QED) is 0.854. The van der Waals surface area contributed by atoms with Crippen molar-refractivity contribution in [2.24, 2.45) is 5.73 Å². The van der Waals surface area contributed by atoms with Crippen molar-refractivity contribution < 1.29 is 0 Å². The number of rotatable bonds is 2. The summed E-state index contributed by atoms with van der Waals surface area (Å²) in [7, 11) is 0. The minimum Gasteiger partial charge on any atom is -0.330 e. The van der Waals surface area contributed by atoms with Crippen LogP contribution in [0, 0.1) is 0 Å². The van der Waals surface area contributed by atoms with Gasteiger partial charge >= 0.3 is 0 Å². The van der Waals surface area contributed by atoms with E-state index in [2.05, 4.69) is 15.7 Å². The highest BCUT2D eigenvalue weighted by atomic mass is 32.2. The van der Waals surface area contributed by atoms with E-state index in [1.165, 1.54) is 43.0 Å². The van der Waals surface area contributed by atoms with Gasteiger partial charge in [0, 0.05) is 36.1 Å². The number of imidazole rings is 1. The van der Waals surface area contributed by atoms with Crippen LogP contribution in [0.2, 0.25) is 0 Å². The summed E-state index contributed by atoms with van der Waals surface area (Å²) in [6, 6.07) is 0. The zero-order valence-corrected chi connectivity index (χ0v) is 10.4. The predicted molar refractivity (Wildman–Crippen MR) is 67.6 cm³/mol. The third-order valence-corrected chi connectivity index (χ3v) is 5.06. The van der Waals surface area contributed by atoms with Gasteiger partial charge in [0.2, 0.25) is 0 Å². The van der Waals surface area contributed by atoms with E-state index in [9.17, 15) is 0 Å². The van der Waals surface area contributed by atoms with E-state index in [4.69, 9.17) is 5.73 Å². The number of nitrogens with two attached hydrogens (primary N) is 1. The topological polar surface area (TPSA) is 43.8 Å².